The van der Waals surface area contributed by atoms with E-state index in [9.17, 15) is 13.6 Å². The summed E-state index contributed by atoms with van der Waals surface area (Å²) in [4.78, 5) is 16.6. The van der Waals surface area contributed by atoms with E-state index in [4.69, 9.17) is 0 Å². The van der Waals surface area contributed by atoms with Crippen LogP contribution in [0.3, 0.4) is 0 Å². The molecule has 3 rings (SSSR count). The number of hydrogen-bond acceptors (Lipinski definition) is 4. The molecule has 2 aromatic heterocycles. The maximum absolute atomic E-state index is 13.6. The number of amides is 1. The van der Waals surface area contributed by atoms with Crippen LogP contribution in [0.25, 0.3) is 0 Å². The second kappa shape index (κ2) is 5.19. The zero-order valence-electron chi connectivity index (χ0n) is 11.4. The molecule has 0 N–H and O–H groups in total. The van der Waals surface area contributed by atoms with Gasteiger partial charge < -0.3 is 9.47 Å². The van der Waals surface area contributed by atoms with Gasteiger partial charge in [-0.15, -0.1) is 10.2 Å². The minimum absolute atomic E-state index is 0.190. The van der Waals surface area contributed by atoms with Crippen molar-refractivity contribution in [2.45, 2.75) is 25.9 Å². The highest BCUT2D eigenvalue weighted by atomic mass is 19.2. The van der Waals surface area contributed by atoms with E-state index in [1.807, 2.05) is 4.57 Å². The Labute approximate surface area is 119 Å². The summed E-state index contributed by atoms with van der Waals surface area (Å²) in [5, 5.41) is 8.08. The van der Waals surface area contributed by atoms with Crippen LogP contribution in [0.4, 0.5) is 8.78 Å². The van der Waals surface area contributed by atoms with Gasteiger partial charge in [0, 0.05) is 26.2 Å². The van der Waals surface area contributed by atoms with Crippen LogP contribution in [-0.4, -0.2) is 37.6 Å². The first kappa shape index (κ1) is 13.6. The molecule has 8 heteroatoms. The highest BCUT2D eigenvalue weighted by molar-refractivity contribution is 5.94. The van der Waals surface area contributed by atoms with Crippen molar-refractivity contribution in [2.24, 2.45) is 0 Å². The van der Waals surface area contributed by atoms with Crippen molar-refractivity contribution in [3.63, 3.8) is 0 Å². The highest BCUT2D eigenvalue weighted by Crippen LogP contribution is 2.17. The Bertz CT molecular complexity index is 700. The maximum atomic E-state index is 13.6. The molecule has 0 bridgehead atoms. The van der Waals surface area contributed by atoms with E-state index < -0.39 is 17.7 Å². The Balaban J connectivity index is 1.80. The van der Waals surface area contributed by atoms with Gasteiger partial charge in [-0.05, 0) is 12.5 Å². The number of halogens is 2. The number of nitrogens with zero attached hydrogens (tertiary/aromatic N) is 5. The van der Waals surface area contributed by atoms with Crippen molar-refractivity contribution < 1.29 is 13.6 Å². The van der Waals surface area contributed by atoms with Crippen molar-refractivity contribution >= 4 is 5.91 Å². The zero-order chi connectivity index (χ0) is 15.0. The Hall–Kier alpha value is -2.38. The highest BCUT2D eigenvalue weighted by Gasteiger charge is 2.23. The third-order valence-electron chi connectivity index (χ3n) is 3.49. The Kier molecular flexibility index (Phi) is 3.36. The standard InChI is InChI=1S/C13H13F2N5O/c1-19(7-10-18-17-9-3-2-6-20(9)10)13(21)8-4-5-16-12(15)11(8)14/h4-5H,2-3,6-7H2,1H3. The molecule has 0 radical (unpaired) electrons. The van der Waals surface area contributed by atoms with E-state index in [-0.39, 0.29) is 12.1 Å². The second-order valence-corrected chi connectivity index (χ2v) is 4.91. The molecule has 0 spiro atoms. The predicted octanol–water partition coefficient (Wildman–Crippen LogP) is 1.17. The first-order chi connectivity index (χ1) is 10.1. The van der Waals surface area contributed by atoms with Crippen LogP contribution in [0.1, 0.15) is 28.4 Å². The Morgan fingerprint density at radius 2 is 2.24 bits per heavy atom. The largest absolute Gasteiger partial charge is 0.334 e. The minimum Gasteiger partial charge on any atom is -0.334 e. The van der Waals surface area contributed by atoms with Crippen molar-refractivity contribution in [1.82, 2.24) is 24.6 Å². The summed E-state index contributed by atoms with van der Waals surface area (Å²) in [5.41, 5.74) is -0.342. The minimum atomic E-state index is -1.28. The lowest BCUT2D eigenvalue weighted by atomic mass is 10.2. The fraction of sp³-hybridized carbons (Fsp3) is 0.385. The molecule has 21 heavy (non-hydrogen) atoms. The van der Waals surface area contributed by atoms with Crippen molar-refractivity contribution in [3.8, 4) is 0 Å². The van der Waals surface area contributed by atoms with Gasteiger partial charge in [0.05, 0.1) is 12.1 Å². The number of hydrogen-bond donors (Lipinski definition) is 0. The molecule has 3 heterocycles. The summed E-state index contributed by atoms with van der Waals surface area (Å²) in [5.74, 6) is -1.59. The molecule has 1 amide bonds. The number of carbonyl (C=O) groups excluding carboxylic acids is 1. The summed E-state index contributed by atoms with van der Waals surface area (Å²) in [6.45, 7) is 1.01. The molecule has 0 atom stereocenters. The summed E-state index contributed by atoms with van der Waals surface area (Å²) in [6.07, 6.45) is 2.93. The van der Waals surface area contributed by atoms with Gasteiger partial charge >= 0.3 is 0 Å². The first-order valence-electron chi connectivity index (χ1n) is 6.54. The van der Waals surface area contributed by atoms with Gasteiger partial charge in [-0.2, -0.15) is 4.39 Å². The SMILES string of the molecule is CN(Cc1nnc2n1CCC2)C(=O)c1ccnc(F)c1F. The van der Waals surface area contributed by atoms with E-state index in [0.717, 1.165) is 37.5 Å². The monoisotopic (exact) mass is 293 g/mol. The third kappa shape index (κ3) is 2.37. The molecule has 0 fully saturated rings. The van der Waals surface area contributed by atoms with Crippen molar-refractivity contribution in [1.29, 1.82) is 0 Å². The fourth-order valence-electron chi connectivity index (χ4n) is 2.40. The van der Waals surface area contributed by atoms with E-state index in [1.54, 1.807) is 0 Å². The summed E-state index contributed by atoms with van der Waals surface area (Å²) < 4.78 is 28.6. The number of rotatable bonds is 3. The lowest BCUT2D eigenvalue weighted by molar-refractivity contribution is 0.0773. The van der Waals surface area contributed by atoms with Crippen LogP contribution in [0.5, 0.6) is 0 Å². The molecule has 0 saturated carbocycles. The molecule has 0 aromatic carbocycles. The third-order valence-corrected chi connectivity index (χ3v) is 3.49. The predicted molar refractivity (Wildman–Crippen MR) is 68.3 cm³/mol. The van der Waals surface area contributed by atoms with E-state index in [1.165, 1.54) is 11.9 Å². The molecule has 0 saturated heterocycles. The van der Waals surface area contributed by atoms with E-state index in [0.29, 0.717) is 5.82 Å². The van der Waals surface area contributed by atoms with Crippen molar-refractivity contribution in [2.75, 3.05) is 7.05 Å². The number of aromatic nitrogens is 4. The molecule has 2 aromatic rings. The smallest absolute Gasteiger partial charge is 0.257 e. The first-order valence-corrected chi connectivity index (χ1v) is 6.54. The lowest BCUT2D eigenvalue weighted by Gasteiger charge is -2.17. The van der Waals surface area contributed by atoms with Crippen LogP contribution < -0.4 is 0 Å². The van der Waals surface area contributed by atoms with E-state index in [2.05, 4.69) is 15.2 Å². The normalized spacial score (nSPS) is 13.3. The number of aryl methyl sites for hydroxylation is 1. The van der Waals surface area contributed by atoms with Gasteiger partial charge in [-0.3, -0.25) is 4.79 Å². The molecule has 110 valence electrons. The van der Waals surface area contributed by atoms with Gasteiger partial charge in [0.15, 0.2) is 11.6 Å². The van der Waals surface area contributed by atoms with Crippen molar-refractivity contribution in [3.05, 3.63) is 41.2 Å². The van der Waals surface area contributed by atoms with Crippen LogP contribution in [0.15, 0.2) is 12.3 Å². The Morgan fingerprint density at radius 1 is 1.43 bits per heavy atom. The molecular formula is C13H13F2N5O. The molecule has 0 aliphatic carbocycles. The summed E-state index contributed by atoms with van der Waals surface area (Å²) in [6, 6.07) is 1.16. The second-order valence-electron chi connectivity index (χ2n) is 4.91. The molecule has 1 aliphatic rings. The van der Waals surface area contributed by atoms with Gasteiger partial charge in [0.1, 0.15) is 5.82 Å². The summed E-state index contributed by atoms with van der Waals surface area (Å²) >= 11 is 0. The Morgan fingerprint density at radius 3 is 3.05 bits per heavy atom. The maximum Gasteiger partial charge on any atom is 0.257 e. The number of carbonyl (C=O) groups is 1. The van der Waals surface area contributed by atoms with E-state index >= 15 is 0 Å². The topological polar surface area (TPSA) is 63.9 Å². The van der Waals surface area contributed by atoms with Gasteiger partial charge in [0.2, 0.25) is 5.95 Å². The zero-order valence-corrected chi connectivity index (χ0v) is 11.4. The summed E-state index contributed by atoms with van der Waals surface area (Å²) in [7, 11) is 1.51. The van der Waals surface area contributed by atoms with Crippen LogP contribution in [-0.2, 0) is 19.5 Å². The van der Waals surface area contributed by atoms with Gasteiger partial charge in [0.25, 0.3) is 5.91 Å². The van der Waals surface area contributed by atoms with Crippen LogP contribution in [0, 0.1) is 11.8 Å². The fourth-order valence-corrected chi connectivity index (χ4v) is 2.40. The molecular weight excluding hydrogens is 280 g/mol. The molecule has 1 aliphatic heterocycles. The van der Waals surface area contributed by atoms with Crippen LogP contribution >= 0.6 is 0 Å². The molecule has 6 nitrogen and oxygen atoms in total. The average molecular weight is 293 g/mol. The number of fused-ring (bicyclic) bond motifs is 1. The van der Waals surface area contributed by atoms with Gasteiger partial charge in [-0.25, -0.2) is 9.37 Å². The quantitative estimate of drug-likeness (QED) is 0.797. The lowest BCUT2D eigenvalue weighted by Crippen LogP contribution is -2.28. The molecule has 0 unspecified atom stereocenters. The van der Waals surface area contributed by atoms with Crippen LogP contribution in [0.2, 0.25) is 0 Å². The average Bonchev–Trinajstić information content (AvgIpc) is 3.06. The number of pyridine rings is 1. The van der Waals surface area contributed by atoms with Gasteiger partial charge in [-0.1, -0.05) is 0 Å².